The smallest absolute Gasteiger partial charge is 0.126 e. The third-order valence-corrected chi connectivity index (χ3v) is 2.96. The molecule has 0 aliphatic carbocycles. The fraction of sp³-hybridized carbons (Fsp3) is 0.188. The minimum Gasteiger partial charge on any atom is -0.367 e. The molecule has 0 fully saturated rings. The SMILES string of the molecule is CC(C#N)(Cc1ccc(F)cc1)Nc1cccc(F)c1. The Kier molecular flexibility index (Phi) is 3.99. The van der Waals surface area contributed by atoms with Crippen molar-refractivity contribution in [3.8, 4) is 6.07 Å². The normalized spacial score (nSPS) is 13.3. The van der Waals surface area contributed by atoms with Crippen LogP contribution in [0.25, 0.3) is 0 Å². The molecule has 0 aliphatic rings. The summed E-state index contributed by atoms with van der Waals surface area (Å²) in [7, 11) is 0. The molecule has 0 aliphatic heterocycles. The van der Waals surface area contributed by atoms with Crippen molar-refractivity contribution in [2.24, 2.45) is 0 Å². The highest BCUT2D eigenvalue weighted by Crippen LogP contribution is 2.20. The Balaban J connectivity index is 2.17. The van der Waals surface area contributed by atoms with Crippen molar-refractivity contribution in [2.75, 3.05) is 5.32 Å². The Hall–Kier alpha value is -2.41. The van der Waals surface area contributed by atoms with E-state index in [1.807, 2.05) is 0 Å². The Morgan fingerprint density at radius 1 is 1.10 bits per heavy atom. The van der Waals surface area contributed by atoms with E-state index in [-0.39, 0.29) is 11.6 Å². The fourth-order valence-corrected chi connectivity index (χ4v) is 2.01. The molecule has 1 atom stereocenters. The molecule has 0 bridgehead atoms. The third kappa shape index (κ3) is 3.55. The quantitative estimate of drug-likeness (QED) is 0.916. The number of rotatable bonds is 4. The zero-order chi connectivity index (χ0) is 14.6. The lowest BCUT2D eigenvalue weighted by Crippen LogP contribution is -2.35. The van der Waals surface area contributed by atoms with Crippen LogP contribution in [0.4, 0.5) is 14.5 Å². The lowest BCUT2D eigenvalue weighted by Gasteiger charge is -2.24. The van der Waals surface area contributed by atoms with Crippen molar-refractivity contribution >= 4 is 5.69 Å². The molecule has 2 nitrogen and oxygen atoms in total. The van der Waals surface area contributed by atoms with Gasteiger partial charge in [-0.25, -0.2) is 8.78 Å². The monoisotopic (exact) mass is 272 g/mol. The molecular formula is C16H14F2N2. The molecule has 0 saturated carbocycles. The summed E-state index contributed by atoms with van der Waals surface area (Å²) in [6.07, 6.45) is 0.389. The van der Waals surface area contributed by atoms with Gasteiger partial charge in [-0.2, -0.15) is 5.26 Å². The summed E-state index contributed by atoms with van der Waals surface area (Å²) in [5, 5.41) is 12.4. The Morgan fingerprint density at radius 3 is 2.40 bits per heavy atom. The largest absolute Gasteiger partial charge is 0.367 e. The lowest BCUT2D eigenvalue weighted by molar-refractivity contribution is 0.616. The van der Waals surface area contributed by atoms with Gasteiger partial charge in [0.15, 0.2) is 0 Å². The highest BCUT2D eigenvalue weighted by molar-refractivity contribution is 5.48. The van der Waals surface area contributed by atoms with Gasteiger partial charge in [0.05, 0.1) is 6.07 Å². The summed E-state index contributed by atoms with van der Waals surface area (Å²) in [5.74, 6) is -0.678. The van der Waals surface area contributed by atoms with Crippen molar-refractivity contribution in [3.63, 3.8) is 0 Å². The van der Waals surface area contributed by atoms with Crippen LogP contribution in [-0.2, 0) is 6.42 Å². The van der Waals surface area contributed by atoms with Gasteiger partial charge in [0.2, 0.25) is 0 Å². The van der Waals surface area contributed by atoms with E-state index in [1.54, 1.807) is 31.2 Å². The van der Waals surface area contributed by atoms with Crippen LogP contribution in [0.1, 0.15) is 12.5 Å². The summed E-state index contributed by atoms with van der Waals surface area (Å²) >= 11 is 0. The van der Waals surface area contributed by atoms with Crippen LogP contribution in [0, 0.1) is 23.0 Å². The first kappa shape index (κ1) is 14.0. The number of hydrogen-bond acceptors (Lipinski definition) is 2. The highest BCUT2D eigenvalue weighted by atomic mass is 19.1. The van der Waals surface area contributed by atoms with Crippen molar-refractivity contribution in [3.05, 3.63) is 65.7 Å². The topological polar surface area (TPSA) is 35.8 Å². The van der Waals surface area contributed by atoms with E-state index in [0.717, 1.165) is 5.56 Å². The van der Waals surface area contributed by atoms with Gasteiger partial charge >= 0.3 is 0 Å². The molecule has 2 rings (SSSR count). The zero-order valence-electron chi connectivity index (χ0n) is 11.0. The molecule has 0 radical (unpaired) electrons. The van der Waals surface area contributed by atoms with Gasteiger partial charge in [-0.3, -0.25) is 0 Å². The van der Waals surface area contributed by atoms with Gasteiger partial charge < -0.3 is 5.32 Å². The van der Waals surface area contributed by atoms with E-state index in [0.29, 0.717) is 12.1 Å². The van der Waals surface area contributed by atoms with Gasteiger partial charge in [0, 0.05) is 12.1 Å². The van der Waals surface area contributed by atoms with Gasteiger partial charge in [-0.1, -0.05) is 18.2 Å². The van der Waals surface area contributed by atoms with E-state index in [4.69, 9.17) is 0 Å². The van der Waals surface area contributed by atoms with Gasteiger partial charge in [-0.15, -0.1) is 0 Å². The third-order valence-electron chi connectivity index (χ3n) is 2.96. The standard InChI is InChI=1S/C16H14F2N2/c1-16(11-19,10-12-5-7-13(17)8-6-12)20-15-4-2-3-14(18)9-15/h2-9,20H,10H2,1H3. The molecule has 20 heavy (non-hydrogen) atoms. The Morgan fingerprint density at radius 2 is 1.80 bits per heavy atom. The summed E-state index contributed by atoms with van der Waals surface area (Å²) in [6.45, 7) is 1.72. The number of hydrogen-bond donors (Lipinski definition) is 1. The number of nitrogens with zero attached hydrogens (tertiary/aromatic N) is 1. The zero-order valence-corrected chi connectivity index (χ0v) is 11.0. The lowest BCUT2D eigenvalue weighted by atomic mass is 9.94. The minimum atomic E-state index is -0.897. The van der Waals surface area contributed by atoms with Crippen LogP contribution in [0.15, 0.2) is 48.5 Å². The van der Waals surface area contributed by atoms with Crippen LogP contribution < -0.4 is 5.32 Å². The first-order valence-corrected chi connectivity index (χ1v) is 6.20. The van der Waals surface area contributed by atoms with E-state index >= 15 is 0 Å². The highest BCUT2D eigenvalue weighted by Gasteiger charge is 2.24. The van der Waals surface area contributed by atoms with Crippen molar-refractivity contribution in [1.82, 2.24) is 0 Å². The van der Waals surface area contributed by atoms with Crippen LogP contribution in [0.5, 0.6) is 0 Å². The number of benzene rings is 2. The average molecular weight is 272 g/mol. The van der Waals surface area contributed by atoms with Crippen LogP contribution in [0.3, 0.4) is 0 Å². The maximum atomic E-state index is 13.2. The summed E-state index contributed by atoms with van der Waals surface area (Å²) in [6, 6.07) is 14.1. The predicted octanol–water partition coefficient (Wildman–Crippen LogP) is 3.90. The summed E-state index contributed by atoms with van der Waals surface area (Å²) < 4.78 is 26.0. The molecule has 102 valence electrons. The predicted molar refractivity (Wildman–Crippen MR) is 74.1 cm³/mol. The van der Waals surface area contributed by atoms with Gasteiger partial charge in [-0.05, 0) is 42.8 Å². The van der Waals surface area contributed by atoms with Crippen molar-refractivity contribution in [1.29, 1.82) is 5.26 Å². The number of nitrogens with one attached hydrogen (secondary N) is 1. The van der Waals surface area contributed by atoms with Crippen LogP contribution in [-0.4, -0.2) is 5.54 Å². The number of nitriles is 1. The minimum absolute atomic E-state index is 0.314. The van der Waals surface area contributed by atoms with Crippen molar-refractivity contribution < 1.29 is 8.78 Å². The number of halogens is 2. The number of anilines is 1. The van der Waals surface area contributed by atoms with E-state index in [9.17, 15) is 14.0 Å². The molecule has 0 amide bonds. The second-order valence-electron chi connectivity index (χ2n) is 4.88. The molecule has 4 heteroatoms. The summed E-state index contributed by atoms with van der Waals surface area (Å²) in [4.78, 5) is 0. The second-order valence-corrected chi connectivity index (χ2v) is 4.88. The van der Waals surface area contributed by atoms with E-state index in [2.05, 4.69) is 11.4 Å². The first-order valence-electron chi connectivity index (χ1n) is 6.20. The van der Waals surface area contributed by atoms with Crippen molar-refractivity contribution in [2.45, 2.75) is 18.9 Å². The molecule has 0 heterocycles. The second kappa shape index (κ2) is 5.70. The Bertz CT molecular complexity index is 632. The fourth-order valence-electron chi connectivity index (χ4n) is 2.01. The average Bonchev–Trinajstić information content (AvgIpc) is 2.41. The molecule has 1 N–H and O–H groups in total. The molecule has 0 aromatic heterocycles. The maximum Gasteiger partial charge on any atom is 0.126 e. The molecular weight excluding hydrogens is 258 g/mol. The van der Waals surface area contributed by atoms with E-state index in [1.165, 1.54) is 24.3 Å². The summed E-state index contributed by atoms with van der Waals surface area (Å²) in [5.41, 5.74) is 0.474. The van der Waals surface area contributed by atoms with Gasteiger partial charge in [0.1, 0.15) is 17.2 Å². The molecule has 2 aromatic rings. The van der Waals surface area contributed by atoms with E-state index < -0.39 is 5.54 Å². The maximum absolute atomic E-state index is 13.2. The molecule has 0 spiro atoms. The first-order chi connectivity index (χ1) is 9.50. The Labute approximate surface area is 116 Å². The molecule has 0 saturated heterocycles. The molecule has 1 unspecified atom stereocenters. The van der Waals surface area contributed by atoms with Gasteiger partial charge in [0.25, 0.3) is 0 Å². The van der Waals surface area contributed by atoms with Crippen LogP contribution >= 0.6 is 0 Å². The molecule has 2 aromatic carbocycles. The van der Waals surface area contributed by atoms with Crippen LogP contribution in [0.2, 0.25) is 0 Å².